The molecule has 0 bridgehead atoms. The third kappa shape index (κ3) is 3.43. The monoisotopic (exact) mass is 475 g/mol. The lowest BCUT2D eigenvalue weighted by Gasteiger charge is -2.40. The van der Waals surface area contributed by atoms with Gasteiger partial charge in [-0.2, -0.15) is 21.0 Å². The molecule has 1 aliphatic heterocycles. The first-order valence-electron chi connectivity index (χ1n) is 11.8. The summed E-state index contributed by atoms with van der Waals surface area (Å²) in [6, 6.07) is 29.8. The Morgan fingerprint density at radius 3 is 1.78 bits per heavy atom. The van der Waals surface area contributed by atoms with Crippen LogP contribution in [0.5, 0.6) is 0 Å². The fourth-order valence-corrected chi connectivity index (χ4v) is 5.46. The third-order valence-corrected chi connectivity index (χ3v) is 7.26. The van der Waals surface area contributed by atoms with Crippen LogP contribution in [0.4, 0.5) is 11.4 Å². The van der Waals surface area contributed by atoms with E-state index in [1.54, 1.807) is 0 Å². The number of hydrogen-bond acceptors (Lipinski definition) is 5. The third-order valence-electron chi connectivity index (χ3n) is 7.26. The highest BCUT2D eigenvalue weighted by molar-refractivity contribution is 6.15. The van der Waals surface area contributed by atoms with Crippen molar-refractivity contribution in [3.05, 3.63) is 111 Å². The first kappa shape index (κ1) is 23.4. The van der Waals surface area contributed by atoms with E-state index in [0.29, 0.717) is 27.8 Å². The zero-order valence-corrected chi connectivity index (χ0v) is 20.7. The van der Waals surface area contributed by atoms with Crippen LogP contribution < -0.4 is 4.90 Å². The molecule has 0 radical (unpaired) electrons. The molecule has 1 heterocycles. The summed E-state index contributed by atoms with van der Waals surface area (Å²) < 4.78 is 0. The molecule has 0 saturated heterocycles. The van der Waals surface area contributed by atoms with Crippen molar-refractivity contribution in [3.63, 3.8) is 0 Å². The number of hydrogen-bond donors (Lipinski definition) is 0. The van der Waals surface area contributed by atoms with Crippen molar-refractivity contribution in [2.45, 2.75) is 19.3 Å². The minimum absolute atomic E-state index is 0.0594. The van der Waals surface area contributed by atoms with Gasteiger partial charge in [0.15, 0.2) is 0 Å². The number of nitrogens with zero attached hydrogens (tertiary/aromatic N) is 5. The minimum atomic E-state index is -0.266. The van der Waals surface area contributed by atoms with Gasteiger partial charge in [0, 0.05) is 35.0 Å². The topological polar surface area (TPSA) is 98.4 Å². The molecule has 3 aromatic rings. The Hall–Kier alpha value is -5.36. The van der Waals surface area contributed by atoms with Gasteiger partial charge in [-0.25, -0.2) is 0 Å². The number of benzene rings is 3. The Morgan fingerprint density at radius 1 is 0.703 bits per heavy atom. The van der Waals surface area contributed by atoms with E-state index in [0.717, 1.165) is 22.5 Å². The summed E-state index contributed by atoms with van der Waals surface area (Å²) in [7, 11) is 2.05. The maximum absolute atomic E-state index is 9.77. The van der Waals surface area contributed by atoms with Gasteiger partial charge in [0.05, 0.1) is 0 Å². The first-order valence-corrected chi connectivity index (χ1v) is 11.8. The van der Waals surface area contributed by atoms with Gasteiger partial charge in [-0.15, -0.1) is 0 Å². The number of para-hydroxylation sites is 1. The summed E-state index contributed by atoms with van der Waals surface area (Å²) in [4.78, 5) is 2.18. The molecule has 0 amide bonds. The molecule has 2 aliphatic rings. The maximum atomic E-state index is 9.77. The van der Waals surface area contributed by atoms with Crippen LogP contribution >= 0.6 is 0 Å². The predicted octanol–water partition coefficient (Wildman–Crippen LogP) is 6.79. The van der Waals surface area contributed by atoms with Crippen LogP contribution in [0.2, 0.25) is 0 Å². The van der Waals surface area contributed by atoms with Gasteiger partial charge >= 0.3 is 0 Å². The van der Waals surface area contributed by atoms with E-state index in [1.807, 2.05) is 72.8 Å². The quantitative estimate of drug-likeness (QED) is 0.361. The number of rotatable bonds is 1. The van der Waals surface area contributed by atoms with Crippen molar-refractivity contribution < 1.29 is 0 Å². The average Bonchev–Trinajstić information content (AvgIpc) is 3.23. The second-order valence-electron chi connectivity index (χ2n) is 9.53. The maximum Gasteiger partial charge on any atom is 0.138 e. The van der Waals surface area contributed by atoms with Crippen molar-refractivity contribution in [2.24, 2.45) is 0 Å². The fourth-order valence-electron chi connectivity index (χ4n) is 5.46. The lowest BCUT2D eigenvalue weighted by Crippen LogP contribution is -2.30. The Balaban J connectivity index is 1.80. The number of fused-ring (bicyclic) bond motifs is 3. The van der Waals surface area contributed by atoms with Crippen molar-refractivity contribution in [1.29, 1.82) is 21.0 Å². The number of nitriles is 4. The molecule has 0 aromatic heterocycles. The molecule has 0 unspecified atom stereocenters. The first-order chi connectivity index (χ1) is 17.9. The highest BCUT2D eigenvalue weighted by atomic mass is 15.1. The van der Waals surface area contributed by atoms with Gasteiger partial charge < -0.3 is 4.90 Å². The largest absolute Gasteiger partial charge is 0.344 e. The van der Waals surface area contributed by atoms with Crippen molar-refractivity contribution in [3.8, 4) is 24.3 Å². The standard InChI is InChI=1S/C32H21N5/c1-32(2)26-10-6-7-11-28(26)37(3)29-13-12-20(15-27(29)32)14-25-30(21(16-33)17-34)23-8-4-5-9-24(23)31(25)22(18-35)19-36/h4-15H,1-3H3. The molecule has 3 aromatic carbocycles. The average molecular weight is 476 g/mol. The molecule has 174 valence electrons. The summed E-state index contributed by atoms with van der Waals surface area (Å²) in [6.45, 7) is 4.40. The normalized spacial score (nSPS) is 14.2. The summed E-state index contributed by atoms with van der Waals surface area (Å²) in [5.74, 6) is 0. The van der Waals surface area contributed by atoms with E-state index >= 15 is 0 Å². The van der Waals surface area contributed by atoms with Crippen LogP contribution in [0, 0.1) is 45.3 Å². The van der Waals surface area contributed by atoms with Gasteiger partial charge in [-0.05, 0) is 57.7 Å². The minimum Gasteiger partial charge on any atom is -0.344 e. The molecule has 5 rings (SSSR count). The Bertz CT molecular complexity index is 1650. The molecular weight excluding hydrogens is 454 g/mol. The highest BCUT2D eigenvalue weighted by Crippen LogP contribution is 2.51. The highest BCUT2D eigenvalue weighted by Gasteiger charge is 2.35. The molecule has 37 heavy (non-hydrogen) atoms. The lowest BCUT2D eigenvalue weighted by atomic mass is 9.73. The van der Waals surface area contributed by atoms with E-state index in [4.69, 9.17) is 0 Å². The van der Waals surface area contributed by atoms with Crippen molar-refractivity contribution in [1.82, 2.24) is 0 Å². The van der Waals surface area contributed by atoms with Gasteiger partial charge in [0.1, 0.15) is 35.4 Å². The number of allylic oxidation sites excluding steroid dienone is 5. The van der Waals surface area contributed by atoms with Crippen LogP contribution in [-0.2, 0) is 5.41 Å². The molecule has 0 atom stereocenters. The van der Waals surface area contributed by atoms with E-state index in [1.165, 1.54) is 5.56 Å². The van der Waals surface area contributed by atoms with Gasteiger partial charge in [0.2, 0.25) is 0 Å². The molecule has 0 saturated carbocycles. The van der Waals surface area contributed by atoms with Crippen molar-refractivity contribution in [2.75, 3.05) is 11.9 Å². The van der Waals surface area contributed by atoms with Crippen molar-refractivity contribution >= 4 is 28.6 Å². The summed E-state index contributed by atoms with van der Waals surface area (Å²) in [5, 5.41) is 39.1. The molecule has 0 N–H and O–H groups in total. The molecule has 5 nitrogen and oxygen atoms in total. The fraction of sp³-hybridized carbons (Fsp3) is 0.125. The zero-order chi connectivity index (χ0) is 26.3. The summed E-state index contributed by atoms with van der Waals surface area (Å²) in [5.41, 5.74) is 7.81. The SMILES string of the molecule is CN1c2ccccc2C(C)(C)c2cc(C=C3C(=C(C#N)C#N)c4ccccc4C3=C(C#N)C#N)ccc21. The molecule has 0 fully saturated rings. The van der Waals surface area contributed by atoms with E-state index in [-0.39, 0.29) is 16.6 Å². The van der Waals surface area contributed by atoms with Crippen LogP contribution in [0.3, 0.4) is 0 Å². The van der Waals surface area contributed by atoms with E-state index in [9.17, 15) is 21.0 Å². The predicted molar refractivity (Wildman–Crippen MR) is 144 cm³/mol. The van der Waals surface area contributed by atoms with E-state index in [2.05, 4.69) is 50.1 Å². The Kier molecular flexibility index (Phi) is 5.50. The van der Waals surface area contributed by atoms with E-state index < -0.39 is 0 Å². The number of anilines is 2. The van der Waals surface area contributed by atoms with Crippen LogP contribution in [0.1, 0.15) is 41.7 Å². The second-order valence-corrected chi connectivity index (χ2v) is 9.53. The lowest BCUT2D eigenvalue weighted by molar-refractivity contribution is 0.629. The Morgan fingerprint density at radius 2 is 1.22 bits per heavy atom. The van der Waals surface area contributed by atoms with Gasteiger partial charge in [-0.1, -0.05) is 62.4 Å². The molecule has 1 aliphatic carbocycles. The van der Waals surface area contributed by atoms with Crippen LogP contribution in [0.15, 0.2) is 83.4 Å². The molecule has 5 heteroatoms. The van der Waals surface area contributed by atoms with Crippen LogP contribution in [-0.4, -0.2) is 7.05 Å². The summed E-state index contributed by atoms with van der Waals surface area (Å²) in [6.07, 6.45) is 1.88. The second kappa shape index (κ2) is 8.70. The van der Waals surface area contributed by atoms with Gasteiger partial charge in [0.25, 0.3) is 0 Å². The summed E-state index contributed by atoms with van der Waals surface area (Å²) >= 11 is 0. The molecule has 0 spiro atoms. The molecular formula is C32H21N5. The zero-order valence-electron chi connectivity index (χ0n) is 20.7. The smallest absolute Gasteiger partial charge is 0.138 e. The Labute approximate surface area is 216 Å². The van der Waals surface area contributed by atoms with Gasteiger partial charge in [-0.3, -0.25) is 0 Å². The van der Waals surface area contributed by atoms with Crippen LogP contribution in [0.25, 0.3) is 17.2 Å².